The first-order chi connectivity index (χ1) is 5.92. The SMILES string of the molecule is O=C=Nc1cccc2nscc12. The van der Waals surface area contributed by atoms with Gasteiger partial charge in [-0.15, -0.1) is 0 Å². The van der Waals surface area contributed by atoms with Crippen LogP contribution in [0.15, 0.2) is 28.6 Å². The zero-order valence-electron chi connectivity index (χ0n) is 6.02. The summed E-state index contributed by atoms with van der Waals surface area (Å²) in [6.07, 6.45) is 1.52. The standard InChI is InChI=1S/C8H4N2OS/c11-5-9-7-2-1-3-8-6(7)4-12-10-8/h1-4H. The predicted molar refractivity (Wildman–Crippen MR) is 47.4 cm³/mol. The normalized spacial score (nSPS) is 9.67. The van der Waals surface area contributed by atoms with Gasteiger partial charge < -0.3 is 0 Å². The van der Waals surface area contributed by atoms with E-state index in [9.17, 15) is 4.79 Å². The Morgan fingerprint density at radius 3 is 3.25 bits per heavy atom. The highest BCUT2D eigenvalue weighted by Gasteiger charge is 2.00. The number of hydrogen-bond acceptors (Lipinski definition) is 4. The molecule has 0 aliphatic carbocycles. The van der Waals surface area contributed by atoms with Crippen LogP contribution in [0.5, 0.6) is 0 Å². The van der Waals surface area contributed by atoms with Crippen LogP contribution in [0.1, 0.15) is 0 Å². The lowest BCUT2D eigenvalue weighted by atomic mass is 10.2. The quantitative estimate of drug-likeness (QED) is 0.494. The van der Waals surface area contributed by atoms with E-state index < -0.39 is 0 Å². The van der Waals surface area contributed by atoms with Gasteiger partial charge in [0.25, 0.3) is 0 Å². The average Bonchev–Trinajstić information content (AvgIpc) is 2.53. The van der Waals surface area contributed by atoms with Gasteiger partial charge in [0.05, 0.1) is 11.2 Å². The lowest BCUT2D eigenvalue weighted by Gasteiger charge is -1.90. The summed E-state index contributed by atoms with van der Waals surface area (Å²) in [5.74, 6) is 0. The highest BCUT2D eigenvalue weighted by molar-refractivity contribution is 7.04. The first-order valence-electron chi connectivity index (χ1n) is 3.33. The molecule has 1 aromatic carbocycles. The Bertz CT molecular complexity index is 457. The van der Waals surface area contributed by atoms with Crippen LogP contribution in [-0.2, 0) is 4.79 Å². The Labute approximate surface area is 72.5 Å². The van der Waals surface area contributed by atoms with Crippen LogP contribution in [0.25, 0.3) is 10.9 Å². The summed E-state index contributed by atoms with van der Waals surface area (Å²) in [5, 5.41) is 2.77. The van der Waals surface area contributed by atoms with Crippen LogP contribution in [0.4, 0.5) is 5.69 Å². The van der Waals surface area contributed by atoms with E-state index in [2.05, 4.69) is 9.37 Å². The molecule has 3 nitrogen and oxygen atoms in total. The van der Waals surface area contributed by atoms with E-state index in [1.165, 1.54) is 17.6 Å². The lowest BCUT2D eigenvalue weighted by molar-refractivity contribution is 0.565. The molecule has 0 unspecified atom stereocenters. The third kappa shape index (κ3) is 1.03. The number of fused-ring (bicyclic) bond motifs is 1. The first-order valence-corrected chi connectivity index (χ1v) is 4.16. The minimum atomic E-state index is 0.635. The maximum absolute atomic E-state index is 10.0. The van der Waals surface area contributed by atoms with Crippen LogP contribution in [0.3, 0.4) is 0 Å². The van der Waals surface area contributed by atoms with Crippen LogP contribution < -0.4 is 0 Å². The second-order valence-electron chi connectivity index (χ2n) is 2.23. The maximum Gasteiger partial charge on any atom is 0.240 e. The molecule has 0 atom stereocenters. The molecule has 12 heavy (non-hydrogen) atoms. The number of rotatable bonds is 1. The van der Waals surface area contributed by atoms with Gasteiger partial charge in [-0.1, -0.05) is 6.07 Å². The van der Waals surface area contributed by atoms with E-state index in [1.807, 2.05) is 17.5 Å². The molecule has 2 aromatic rings. The number of benzene rings is 1. The summed E-state index contributed by atoms with van der Waals surface area (Å²) in [4.78, 5) is 13.6. The number of hydrogen-bond donors (Lipinski definition) is 0. The molecule has 1 aromatic heterocycles. The molecular formula is C8H4N2OS. The van der Waals surface area contributed by atoms with Crippen molar-refractivity contribution in [1.82, 2.24) is 4.37 Å². The molecule has 0 radical (unpaired) electrons. The van der Waals surface area contributed by atoms with E-state index in [0.717, 1.165) is 10.9 Å². The van der Waals surface area contributed by atoms with Crippen molar-refractivity contribution >= 4 is 34.2 Å². The van der Waals surface area contributed by atoms with E-state index in [1.54, 1.807) is 6.07 Å². The van der Waals surface area contributed by atoms with Gasteiger partial charge in [0.1, 0.15) is 0 Å². The van der Waals surface area contributed by atoms with Gasteiger partial charge >= 0.3 is 0 Å². The molecule has 2 rings (SSSR count). The van der Waals surface area contributed by atoms with E-state index in [0.29, 0.717) is 5.69 Å². The van der Waals surface area contributed by atoms with Crippen LogP contribution >= 0.6 is 11.5 Å². The van der Waals surface area contributed by atoms with Crippen LogP contribution in [0, 0.1) is 0 Å². The Morgan fingerprint density at radius 2 is 2.42 bits per heavy atom. The van der Waals surface area contributed by atoms with Crippen molar-refractivity contribution in [2.24, 2.45) is 4.99 Å². The third-order valence-corrected chi connectivity index (χ3v) is 2.19. The molecule has 0 aliphatic heterocycles. The number of carbonyl (C=O) groups excluding carboxylic acids is 1. The lowest BCUT2D eigenvalue weighted by Crippen LogP contribution is -1.67. The molecule has 0 fully saturated rings. The minimum absolute atomic E-state index is 0.635. The van der Waals surface area contributed by atoms with Crippen molar-refractivity contribution in [1.29, 1.82) is 0 Å². The van der Waals surface area contributed by atoms with E-state index in [4.69, 9.17) is 0 Å². The molecule has 0 saturated heterocycles. The Kier molecular flexibility index (Phi) is 1.70. The monoisotopic (exact) mass is 176 g/mol. The minimum Gasteiger partial charge on any atom is -0.211 e. The maximum atomic E-state index is 10.0. The number of isocyanates is 1. The second-order valence-corrected chi connectivity index (χ2v) is 2.86. The topological polar surface area (TPSA) is 42.3 Å². The summed E-state index contributed by atoms with van der Waals surface area (Å²) in [5.41, 5.74) is 1.51. The predicted octanol–water partition coefficient (Wildman–Crippen LogP) is 2.26. The molecule has 4 heteroatoms. The van der Waals surface area contributed by atoms with Crippen molar-refractivity contribution in [3.05, 3.63) is 23.6 Å². The largest absolute Gasteiger partial charge is 0.240 e. The molecule has 0 N–H and O–H groups in total. The Balaban J connectivity index is 2.81. The second kappa shape index (κ2) is 2.85. The summed E-state index contributed by atoms with van der Waals surface area (Å²) in [7, 11) is 0. The fourth-order valence-corrected chi connectivity index (χ4v) is 1.70. The van der Waals surface area contributed by atoms with Crippen molar-refractivity contribution in [3.63, 3.8) is 0 Å². The highest BCUT2D eigenvalue weighted by Crippen LogP contribution is 2.25. The summed E-state index contributed by atoms with van der Waals surface area (Å²) in [6, 6.07) is 5.47. The van der Waals surface area contributed by atoms with Gasteiger partial charge in [-0.2, -0.15) is 9.37 Å². The number of nitrogens with zero attached hydrogens (tertiary/aromatic N) is 2. The number of aromatic nitrogens is 1. The molecule has 0 bridgehead atoms. The molecule has 0 saturated carbocycles. The fraction of sp³-hybridized carbons (Fsp3) is 0. The molecule has 1 heterocycles. The van der Waals surface area contributed by atoms with Crippen molar-refractivity contribution in [2.75, 3.05) is 0 Å². The van der Waals surface area contributed by atoms with Gasteiger partial charge in [-0.3, -0.25) is 0 Å². The van der Waals surface area contributed by atoms with Gasteiger partial charge in [-0.05, 0) is 23.7 Å². The summed E-state index contributed by atoms with van der Waals surface area (Å²) < 4.78 is 4.11. The molecule has 58 valence electrons. The van der Waals surface area contributed by atoms with Crippen molar-refractivity contribution in [2.45, 2.75) is 0 Å². The molecule has 0 spiro atoms. The average molecular weight is 176 g/mol. The van der Waals surface area contributed by atoms with Crippen molar-refractivity contribution < 1.29 is 4.79 Å². The molecule has 0 aliphatic rings. The molecule has 0 amide bonds. The van der Waals surface area contributed by atoms with Crippen molar-refractivity contribution in [3.8, 4) is 0 Å². The van der Waals surface area contributed by atoms with Gasteiger partial charge in [-0.25, -0.2) is 4.79 Å². The van der Waals surface area contributed by atoms with Gasteiger partial charge in [0, 0.05) is 10.8 Å². The zero-order valence-corrected chi connectivity index (χ0v) is 6.84. The Morgan fingerprint density at radius 1 is 1.50 bits per heavy atom. The first kappa shape index (κ1) is 7.16. The Hall–Kier alpha value is -1.51. The fourth-order valence-electron chi connectivity index (χ4n) is 1.02. The smallest absolute Gasteiger partial charge is 0.211 e. The van der Waals surface area contributed by atoms with Crippen LogP contribution in [0.2, 0.25) is 0 Å². The zero-order chi connectivity index (χ0) is 8.39. The third-order valence-electron chi connectivity index (χ3n) is 1.55. The summed E-state index contributed by atoms with van der Waals surface area (Å²) in [6.45, 7) is 0. The number of aliphatic imine (C=N–C) groups is 1. The van der Waals surface area contributed by atoms with Gasteiger partial charge in [0.15, 0.2) is 0 Å². The molecular weight excluding hydrogens is 172 g/mol. The van der Waals surface area contributed by atoms with Gasteiger partial charge in [0.2, 0.25) is 6.08 Å². The van der Waals surface area contributed by atoms with E-state index in [-0.39, 0.29) is 0 Å². The highest BCUT2D eigenvalue weighted by atomic mass is 32.1. The van der Waals surface area contributed by atoms with Crippen LogP contribution in [-0.4, -0.2) is 10.5 Å². The summed E-state index contributed by atoms with van der Waals surface area (Å²) >= 11 is 1.35. The van der Waals surface area contributed by atoms with E-state index >= 15 is 0 Å².